The lowest BCUT2D eigenvalue weighted by Gasteiger charge is -2.14. The van der Waals surface area contributed by atoms with Crippen molar-refractivity contribution in [2.24, 2.45) is 0 Å². The van der Waals surface area contributed by atoms with Gasteiger partial charge in [0.05, 0.1) is 17.0 Å². The van der Waals surface area contributed by atoms with Crippen LogP contribution in [0.5, 0.6) is 0 Å². The molecule has 0 aliphatic heterocycles. The van der Waals surface area contributed by atoms with Gasteiger partial charge in [0.2, 0.25) is 10.0 Å². The molecule has 1 atom stereocenters. The van der Waals surface area contributed by atoms with E-state index in [0.717, 1.165) is 11.3 Å². The number of methoxy groups -OCH3 is 1. The summed E-state index contributed by atoms with van der Waals surface area (Å²) in [5, 5.41) is 0. The third-order valence-electron chi connectivity index (χ3n) is 1.79. The lowest BCUT2D eigenvalue weighted by atomic mass is 10.4. The van der Waals surface area contributed by atoms with E-state index >= 15 is 0 Å². The normalized spacial score (nSPS) is 13.9. The molecule has 0 radical (unpaired) electrons. The van der Waals surface area contributed by atoms with Crippen molar-refractivity contribution >= 4 is 56.2 Å². The van der Waals surface area contributed by atoms with Crippen molar-refractivity contribution in [3.05, 3.63) is 14.7 Å². The number of halogens is 3. The van der Waals surface area contributed by atoms with E-state index in [1.807, 2.05) is 0 Å². The minimum absolute atomic E-state index is 0.0413. The highest BCUT2D eigenvalue weighted by Gasteiger charge is 2.24. The van der Waals surface area contributed by atoms with E-state index in [0.29, 0.717) is 4.34 Å². The maximum absolute atomic E-state index is 11.9. The van der Waals surface area contributed by atoms with Crippen molar-refractivity contribution in [2.45, 2.75) is 10.9 Å². The molecule has 0 saturated carbocycles. The highest BCUT2D eigenvalue weighted by molar-refractivity contribution is 7.89. The lowest BCUT2D eigenvalue weighted by molar-refractivity contribution is 0.181. The summed E-state index contributed by atoms with van der Waals surface area (Å²) in [5.41, 5.74) is 0. The Labute approximate surface area is 119 Å². The summed E-state index contributed by atoms with van der Waals surface area (Å²) in [6, 6.07) is 0.788. The fourth-order valence-electron chi connectivity index (χ4n) is 1.10. The van der Waals surface area contributed by atoms with Crippen LogP contribution in [0.1, 0.15) is 0 Å². The summed E-state index contributed by atoms with van der Waals surface area (Å²) >= 11 is 18.1. The molecule has 0 bridgehead atoms. The Morgan fingerprint density at radius 2 is 2.18 bits per heavy atom. The first kappa shape index (κ1) is 15.5. The van der Waals surface area contributed by atoms with Gasteiger partial charge in [0.15, 0.2) is 0 Å². The third-order valence-corrected chi connectivity index (χ3v) is 5.44. The number of ether oxygens (including phenoxy) is 1. The molecule has 1 N–H and O–H groups in total. The number of rotatable bonds is 6. The Kier molecular flexibility index (Phi) is 5.98. The molecule has 1 rings (SSSR count). The van der Waals surface area contributed by atoms with Crippen LogP contribution in [0.3, 0.4) is 0 Å². The number of alkyl halides is 1. The molecule has 0 amide bonds. The molecule has 98 valence electrons. The zero-order valence-electron chi connectivity index (χ0n) is 8.74. The number of hydrogen-bond donors (Lipinski definition) is 1. The Morgan fingerprint density at radius 1 is 1.53 bits per heavy atom. The molecule has 1 heterocycles. The minimum atomic E-state index is -3.72. The molecule has 9 heteroatoms. The molecular formula is C8H10Cl3NO3S2. The van der Waals surface area contributed by atoms with Crippen molar-refractivity contribution in [1.82, 2.24) is 4.72 Å². The van der Waals surface area contributed by atoms with Gasteiger partial charge in [-0.2, -0.15) is 0 Å². The van der Waals surface area contributed by atoms with E-state index in [-0.39, 0.29) is 21.7 Å². The molecule has 4 nitrogen and oxygen atoms in total. The molecule has 0 aliphatic carbocycles. The number of thiophene rings is 1. The van der Waals surface area contributed by atoms with E-state index in [2.05, 4.69) is 4.72 Å². The summed E-state index contributed by atoms with van der Waals surface area (Å²) in [6.45, 7) is 0.179. The second kappa shape index (κ2) is 6.56. The number of hydrogen-bond acceptors (Lipinski definition) is 4. The van der Waals surface area contributed by atoms with E-state index < -0.39 is 16.1 Å². The van der Waals surface area contributed by atoms with Crippen LogP contribution < -0.4 is 4.72 Å². The van der Waals surface area contributed by atoms with E-state index in [1.165, 1.54) is 13.2 Å². The van der Waals surface area contributed by atoms with Crippen LogP contribution in [0.25, 0.3) is 0 Å². The van der Waals surface area contributed by atoms with Crippen LogP contribution >= 0.6 is 46.1 Å². The molecule has 0 aromatic carbocycles. The van der Waals surface area contributed by atoms with Crippen LogP contribution in [0, 0.1) is 0 Å². The molecule has 0 fully saturated rings. The van der Waals surface area contributed by atoms with Crippen LogP contribution in [-0.2, 0) is 14.8 Å². The van der Waals surface area contributed by atoms with Crippen molar-refractivity contribution < 1.29 is 13.2 Å². The highest BCUT2D eigenvalue weighted by Crippen LogP contribution is 2.34. The summed E-state index contributed by atoms with van der Waals surface area (Å²) in [4.78, 5) is -0.0413. The Bertz CT molecular complexity index is 474. The molecule has 0 saturated heterocycles. The summed E-state index contributed by atoms with van der Waals surface area (Å²) < 4.78 is 31.6. The van der Waals surface area contributed by atoms with Gasteiger partial charge in [0, 0.05) is 13.0 Å². The zero-order valence-corrected chi connectivity index (χ0v) is 12.6. The second-order valence-electron chi connectivity index (χ2n) is 3.12. The average molecular weight is 339 g/mol. The Balaban J connectivity index is 2.92. The fourth-order valence-corrected chi connectivity index (χ4v) is 4.73. The maximum Gasteiger partial charge on any atom is 0.243 e. The lowest BCUT2D eigenvalue weighted by Crippen LogP contribution is -2.39. The maximum atomic E-state index is 11.9. The standard InChI is InChI=1S/C8H10Cl3NO3S2/c1-15-4-5(3-9)12-17(13,14)6-2-7(10)16-8(6)11/h2,5,12H,3-4H2,1H3. The van der Waals surface area contributed by atoms with Crippen LogP contribution in [0.2, 0.25) is 8.67 Å². The summed E-state index contributed by atoms with van der Waals surface area (Å²) in [7, 11) is -2.26. The van der Waals surface area contributed by atoms with Gasteiger partial charge >= 0.3 is 0 Å². The van der Waals surface area contributed by atoms with Gasteiger partial charge in [-0.1, -0.05) is 23.2 Å². The van der Waals surface area contributed by atoms with Crippen LogP contribution in [0.15, 0.2) is 11.0 Å². The third kappa shape index (κ3) is 4.24. The van der Waals surface area contributed by atoms with E-state index in [9.17, 15) is 8.42 Å². The smallest absolute Gasteiger partial charge is 0.243 e. The summed E-state index contributed by atoms with van der Waals surface area (Å²) in [5.74, 6) is 0.0998. The Morgan fingerprint density at radius 3 is 2.59 bits per heavy atom. The van der Waals surface area contributed by atoms with Crippen molar-refractivity contribution in [2.75, 3.05) is 19.6 Å². The number of sulfonamides is 1. The molecular weight excluding hydrogens is 329 g/mol. The zero-order chi connectivity index (χ0) is 13.1. The SMILES string of the molecule is COCC(CCl)NS(=O)(=O)c1cc(Cl)sc1Cl. The van der Waals surface area contributed by atoms with Crippen molar-refractivity contribution in [3.8, 4) is 0 Å². The minimum Gasteiger partial charge on any atom is -0.383 e. The van der Waals surface area contributed by atoms with Crippen molar-refractivity contribution in [1.29, 1.82) is 0 Å². The van der Waals surface area contributed by atoms with E-state index in [4.69, 9.17) is 39.5 Å². The van der Waals surface area contributed by atoms with Gasteiger partial charge in [-0.25, -0.2) is 13.1 Å². The fraction of sp³-hybridized carbons (Fsp3) is 0.500. The Hall–Kier alpha value is 0.440. The van der Waals surface area contributed by atoms with Gasteiger partial charge in [-0.05, 0) is 6.07 Å². The van der Waals surface area contributed by atoms with Gasteiger partial charge in [-0.15, -0.1) is 22.9 Å². The first-order valence-electron chi connectivity index (χ1n) is 4.42. The molecule has 0 aliphatic rings. The number of nitrogens with one attached hydrogen (secondary N) is 1. The predicted molar refractivity (Wildman–Crippen MR) is 71.0 cm³/mol. The van der Waals surface area contributed by atoms with Crippen LogP contribution in [0.4, 0.5) is 0 Å². The monoisotopic (exact) mass is 337 g/mol. The molecule has 1 aromatic rings. The first-order chi connectivity index (χ1) is 7.90. The molecule has 17 heavy (non-hydrogen) atoms. The van der Waals surface area contributed by atoms with E-state index in [1.54, 1.807) is 0 Å². The quantitative estimate of drug-likeness (QED) is 0.811. The van der Waals surface area contributed by atoms with Gasteiger partial charge in [0.25, 0.3) is 0 Å². The molecule has 0 spiro atoms. The first-order valence-corrected chi connectivity index (χ1v) is 8.01. The second-order valence-corrected chi connectivity index (χ2v) is 7.39. The van der Waals surface area contributed by atoms with Crippen LogP contribution in [-0.4, -0.2) is 34.1 Å². The average Bonchev–Trinajstić information content (AvgIpc) is 2.57. The topological polar surface area (TPSA) is 55.4 Å². The molecule has 1 unspecified atom stereocenters. The largest absolute Gasteiger partial charge is 0.383 e. The van der Waals surface area contributed by atoms with Gasteiger partial charge in [0.1, 0.15) is 9.23 Å². The molecule has 1 aromatic heterocycles. The van der Waals surface area contributed by atoms with Gasteiger partial charge in [-0.3, -0.25) is 0 Å². The predicted octanol–water partition coefficient (Wildman–Crippen LogP) is 2.59. The van der Waals surface area contributed by atoms with Crippen molar-refractivity contribution in [3.63, 3.8) is 0 Å². The van der Waals surface area contributed by atoms with Gasteiger partial charge < -0.3 is 4.74 Å². The highest BCUT2D eigenvalue weighted by atomic mass is 35.5. The summed E-state index contributed by atoms with van der Waals surface area (Å²) in [6.07, 6.45) is 0.